The van der Waals surface area contributed by atoms with Crippen molar-refractivity contribution in [1.82, 2.24) is 0 Å². The van der Waals surface area contributed by atoms with Crippen LogP contribution >= 0.6 is 69.6 Å². The van der Waals surface area contributed by atoms with E-state index < -0.39 is 20.0 Å². The zero-order valence-electron chi connectivity index (χ0n) is 13.4. The summed E-state index contributed by atoms with van der Waals surface area (Å²) >= 11 is 35.8. The predicted octanol–water partition coefficient (Wildman–Crippen LogP) is 6.65. The number of benzene rings is 2. The minimum absolute atomic E-state index is 0.391. The summed E-state index contributed by atoms with van der Waals surface area (Å²) in [4.78, 5) is 0. The zero-order chi connectivity index (χ0) is 19.7. The lowest BCUT2D eigenvalue weighted by Crippen LogP contribution is -2.42. The van der Waals surface area contributed by atoms with Crippen molar-refractivity contribution in [3.63, 3.8) is 0 Å². The van der Waals surface area contributed by atoms with Gasteiger partial charge in [-0.2, -0.15) is 5.10 Å². The SMILES string of the molecule is ClC(Cl)(Cl)C1Oc2ccc(C=NNc3ccccc3)cc2C(C(Cl)(Cl)Cl)O1. The van der Waals surface area contributed by atoms with Gasteiger partial charge in [-0.1, -0.05) is 87.8 Å². The lowest BCUT2D eigenvalue weighted by Gasteiger charge is -2.38. The maximum atomic E-state index is 6.07. The first-order chi connectivity index (χ1) is 12.6. The molecule has 0 saturated heterocycles. The molecule has 0 aliphatic carbocycles. The minimum atomic E-state index is -1.86. The van der Waals surface area contributed by atoms with E-state index in [0.717, 1.165) is 11.3 Å². The quantitative estimate of drug-likeness (QED) is 0.299. The van der Waals surface area contributed by atoms with Gasteiger partial charge in [0, 0.05) is 5.56 Å². The van der Waals surface area contributed by atoms with Gasteiger partial charge in [-0.05, 0) is 35.9 Å². The number of hydrazone groups is 1. The van der Waals surface area contributed by atoms with E-state index in [1.54, 1.807) is 24.4 Å². The highest BCUT2D eigenvalue weighted by atomic mass is 35.6. The molecule has 0 amide bonds. The molecule has 2 unspecified atom stereocenters. The molecule has 1 aliphatic rings. The largest absolute Gasteiger partial charge is 0.460 e. The van der Waals surface area contributed by atoms with E-state index in [1.165, 1.54) is 0 Å². The number of hydrogen-bond donors (Lipinski definition) is 1. The second kappa shape index (κ2) is 8.42. The van der Waals surface area contributed by atoms with Crippen LogP contribution in [0.5, 0.6) is 5.75 Å². The summed E-state index contributed by atoms with van der Waals surface area (Å²) in [5.74, 6) is 0.391. The molecule has 3 rings (SSSR count). The van der Waals surface area contributed by atoms with Crippen molar-refractivity contribution in [1.29, 1.82) is 0 Å². The van der Waals surface area contributed by atoms with Crippen LogP contribution in [0, 0.1) is 0 Å². The van der Waals surface area contributed by atoms with Crippen LogP contribution in [-0.4, -0.2) is 20.1 Å². The van der Waals surface area contributed by atoms with E-state index in [9.17, 15) is 0 Å². The van der Waals surface area contributed by atoms with E-state index >= 15 is 0 Å². The van der Waals surface area contributed by atoms with Gasteiger partial charge in [-0.25, -0.2) is 0 Å². The Kier molecular flexibility index (Phi) is 6.59. The number of alkyl halides is 6. The first-order valence-corrected chi connectivity index (χ1v) is 9.85. The van der Waals surface area contributed by atoms with Gasteiger partial charge in [0.05, 0.1) is 11.9 Å². The molecule has 0 spiro atoms. The average Bonchev–Trinajstić information content (AvgIpc) is 2.60. The van der Waals surface area contributed by atoms with Crippen molar-refractivity contribution in [3.8, 4) is 5.75 Å². The number of rotatable bonds is 3. The van der Waals surface area contributed by atoms with E-state index in [1.807, 2.05) is 30.3 Å². The van der Waals surface area contributed by atoms with Crippen LogP contribution in [0.2, 0.25) is 0 Å². The fraction of sp³-hybridized carbons (Fsp3) is 0.235. The molecule has 0 bridgehead atoms. The Hall–Kier alpha value is -0.590. The number of hydrogen-bond acceptors (Lipinski definition) is 4. The number of anilines is 1. The van der Waals surface area contributed by atoms with Crippen molar-refractivity contribution in [2.75, 3.05) is 5.43 Å². The third-order valence-corrected chi connectivity index (χ3v) is 4.68. The number of halogens is 6. The summed E-state index contributed by atoms with van der Waals surface area (Å²) in [6, 6.07) is 14.7. The van der Waals surface area contributed by atoms with Crippen molar-refractivity contribution in [2.45, 2.75) is 20.0 Å². The van der Waals surface area contributed by atoms with Crippen molar-refractivity contribution in [2.24, 2.45) is 5.10 Å². The molecule has 2 aromatic rings. The molecule has 4 nitrogen and oxygen atoms in total. The third-order valence-electron chi connectivity index (χ3n) is 3.56. The normalized spacial score (nSPS) is 20.2. The standard InChI is InChI=1S/C17H12Cl6N2O2/c18-16(19,20)14-12-8-10(9-24-25-11-4-2-1-3-5-11)6-7-13(12)26-15(27-14)17(21,22)23/h1-9,14-15,25H. The molecule has 0 radical (unpaired) electrons. The Morgan fingerprint density at radius 1 is 0.926 bits per heavy atom. The van der Waals surface area contributed by atoms with Crippen LogP contribution in [0.3, 0.4) is 0 Å². The summed E-state index contributed by atoms with van der Waals surface area (Å²) in [7, 11) is 0. The van der Waals surface area contributed by atoms with Crippen LogP contribution in [0.15, 0.2) is 53.6 Å². The monoisotopic (exact) mass is 486 g/mol. The summed E-state index contributed by atoms with van der Waals surface area (Å²) in [5.41, 5.74) is 5.00. The smallest absolute Gasteiger partial charge is 0.252 e. The maximum Gasteiger partial charge on any atom is 0.252 e. The number of nitrogens with one attached hydrogen (secondary N) is 1. The zero-order valence-corrected chi connectivity index (χ0v) is 17.9. The molecule has 1 heterocycles. The minimum Gasteiger partial charge on any atom is -0.460 e. The molecule has 2 aromatic carbocycles. The summed E-state index contributed by atoms with van der Waals surface area (Å²) in [6.07, 6.45) is -0.610. The summed E-state index contributed by atoms with van der Waals surface area (Å²) < 4.78 is 7.54. The van der Waals surface area contributed by atoms with Gasteiger partial charge in [0.2, 0.25) is 10.1 Å². The molecule has 0 saturated carbocycles. The van der Waals surface area contributed by atoms with Crippen LogP contribution in [0.4, 0.5) is 5.69 Å². The van der Waals surface area contributed by atoms with Crippen molar-refractivity contribution in [3.05, 3.63) is 59.7 Å². The lowest BCUT2D eigenvalue weighted by molar-refractivity contribution is -0.136. The topological polar surface area (TPSA) is 42.8 Å². The van der Waals surface area contributed by atoms with Gasteiger partial charge in [-0.3, -0.25) is 5.43 Å². The Morgan fingerprint density at radius 2 is 1.63 bits per heavy atom. The van der Waals surface area contributed by atoms with E-state index in [4.69, 9.17) is 79.1 Å². The van der Waals surface area contributed by atoms with Gasteiger partial charge >= 0.3 is 0 Å². The fourth-order valence-corrected chi connectivity index (χ4v) is 3.19. The second-order valence-electron chi connectivity index (χ2n) is 5.58. The Bertz CT molecular complexity index is 820. The van der Waals surface area contributed by atoms with Gasteiger partial charge < -0.3 is 9.47 Å². The van der Waals surface area contributed by atoms with Gasteiger partial charge in [0.15, 0.2) is 0 Å². The first-order valence-electron chi connectivity index (χ1n) is 7.58. The highest BCUT2D eigenvalue weighted by molar-refractivity contribution is 6.68. The predicted molar refractivity (Wildman–Crippen MR) is 113 cm³/mol. The summed E-state index contributed by atoms with van der Waals surface area (Å²) in [6.45, 7) is 0. The van der Waals surface area contributed by atoms with E-state index in [2.05, 4.69) is 10.5 Å². The van der Waals surface area contributed by atoms with Gasteiger partial charge in [0.1, 0.15) is 11.9 Å². The Balaban J connectivity index is 1.86. The van der Waals surface area contributed by atoms with Crippen LogP contribution in [0.1, 0.15) is 17.2 Å². The lowest BCUT2D eigenvalue weighted by atomic mass is 10.0. The maximum absolute atomic E-state index is 6.07. The molecule has 2 atom stereocenters. The molecule has 0 fully saturated rings. The number of fused-ring (bicyclic) bond motifs is 1. The highest BCUT2D eigenvalue weighted by Crippen LogP contribution is 2.51. The molecule has 1 aliphatic heterocycles. The molecule has 144 valence electrons. The Morgan fingerprint density at radius 3 is 2.26 bits per heavy atom. The van der Waals surface area contributed by atoms with Crippen molar-refractivity contribution >= 4 is 81.5 Å². The molecule has 10 heteroatoms. The first kappa shape index (κ1) is 21.1. The average molecular weight is 489 g/mol. The van der Waals surface area contributed by atoms with Crippen LogP contribution < -0.4 is 10.2 Å². The molecule has 1 N–H and O–H groups in total. The number of nitrogens with zero attached hydrogens (tertiary/aromatic N) is 1. The second-order valence-corrected chi connectivity index (χ2v) is 10.3. The van der Waals surface area contributed by atoms with Gasteiger partial charge in [0.25, 0.3) is 3.79 Å². The van der Waals surface area contributed by atoms with Crippen molar-refractivity contribution < 1.29 is 9.47 Å². The number of ether oxygens (including phenoxy) is 2. The fourth-order valence-electron chi connectivity index (χ4n) is 2.39. The van der Waals surface area contributed by atoms with Gasteiger partial charge in [-0.15, -0.1) is 0 Å². The molecular weight excluding hydrogens is 477 g/mol. The van der Waals surface area contributed by atoms with Crippen LogP contribution in [-0.2, 0) is 4.74 Å². The molecule has 0 aromatic heterocycles. The van der Waals surface area contributed by atoms with Crippen LogP contribution in [0.25, 0.3) is 0 Å². The third kappa shape index (κ3) is 5.48. The summed E-state index contributed by atoms with van der Waals surface area (Å²) in [5, 5.41) is 4.18. The van der Waals surface area contributed by atoms with E-state index in [-0.39, 0.29) is 0 Å². The number of para-hydroxylation sites is 1. The molecular formula is C17H12Cl6N2O2. The highest BCUT2D eigenvalue weighted by Gasteiger charge is 2.48. The Labute approximate surface area is 186 Å². The molecule has 27 heavy (non-hydrogen) atoms. The van der Waals surface area contributed by atoms with E-state index in [0.29, 0.717) is 11.3 Å².